The third-order valence-corrected chi connectivity index (χ3v) is 4.78. The van der Waals surface area contributed by atoms with Gasteiger partial charge in [-0.2, -0.15) is 0 Å². The highest BCUT2D eigenvalue weighted by Crippen LogP contribution is 2.19. The number of benzene rings is 2. The van der Waals surface area contributed by atoms with Crippen LogP contribution in [-0.2, 0) is 16.6 Å². The maximum atomic E-state index is 12.5. The van der Waals surface area contributed by atoms with Crippen LogP contribution in [0.3, 0.4) is 0 Å². The molecule has 3 rings (SSSR count). The SMILES string of the molecule is CC(NC(=O)c1ccc(Cn2ccnc2)cc1)c1cccc(NS(C)(=O)=O)c1. The Morgan fingerprint density at radius 2 is 1.93 bits per heavy atom. The second-order valence-electron chi connectivity index (χ2n) is 6.63. The second kappa shape index (κ2) is 8.26. The van der Waals surface area contributed by atoms with Crippen molar-refractivity contribution >= 4 is 21.6 Å². The van der Waals surface area contributed by atoms with Crippen LogP contribution in [0.4, 0.5) is 5.69 Å². The van der Waals surface area contributed by atoms with Crippen molar-refractivity contribution in [1.29, 1.82) is 0 Å². The fraction of sp³-hybridized carbons (Fsp3) is 0.200. The first kappa shape index (κ1) is 19.6. The second-order valence-corrected chi connectivity index (χ2v) is 8.38. The summed E-state index contributed by atoms with van der Waals surface area (Å²) < 4.78 is 27.2. The van der Waals surface area contributed by atoms with Crippen molar-refractivity contribution in [3.8, 4) is 0 Å². The van der Waals surface area contributed by atoms with E-state index in [9.17, 15) is 13.2 Å². The van der Waals surface area contributed by atoms with Gasteiger partial charge in [-0.1, -0.05) is 24.3 Å². The molecule has 1 atom stereocenters. The molecular weight excluding hydrogens is 376 g/mol. The van der Waals surface area contributed by atoms with Gasteiger partial charge in [0.15, 0.2) is 0 Å². The van der Waals surface area contributed by atoms with Gasteiger partial charge in [-0.05, 0) is 42.3 Å². The molecule has 0 saturated heterocycles. The zero-order valence-electron chi connectivity index (χ0n) is 15.7. The number of hydrogen-bond donors (Lipinski definition) is 2. The quantitative estimate of drug-likeness (QED) is 0.640. The lowest BCUT2D eigenvalue weighted by Crippen LogP contribution is -2.26. The van der Waals surface area contributed by atoms with Crippen molar-refractivity contribution in [3.05, 3.63) is 83.9 Å². The summed E-state index contributed by atoms with van der Waals surface area (Å²) in [4.78, 5) is 16.5. The van der Waals surface area contributed by atoms with Crippen molar-refractivity contribution in [1.82, 2.24) is 14.9 Å². The summed E-state index contributed by atoms with van der Waals surface area (Å²) in [6, 6.07) is 14.1. The number of rotatable bonds is 7. The first-order valence-electron chi connectivity index (χ1n) is 8.73. The summed E-state index contributed by atoms with van der Waals surface area (Å²) in [5.74, 6) is -0.192. The van der Waals surface area contributed by atoms with Gasteiger partial charge in [0.2, 0.25) is 10.0 Å². The van der Waals surface area contributed by atoms with Crippen molar-refractivity contribution in [2.45, 2.75) is 19.5 Å². The highest BCUT2D eigenvalue weighted by atomic mass is 32.2. The number of nitrogens with one attached hydrogen (secondary N) is 2. The third-order valence-electron chi connectivity index (χ3n) is 4.18. The Morgan fingerprint density at radius 1 is 1.18 bits per heavy atom. The topological polar surface area (TPSA) is 93.1 Å². The Balaban J connectivity index is 1.64. The Morgan fingerprint density at radius 3 is 2.57 bits per heavy atom. The molecule has 28 heavy (non-hydrogen) atoms. The first-order valence-corrected chi connectivity index (χ1v) is 10.6. The van der Waals surface area contributed by atoms with Gasteiger partial charge in [-0.3, -0.25) is 9.52 Å². The van der Waals surface area contributed by atoms with E-state index in [4.69, 9.17) is 0 Å². The Labute approximate surface area is 164 Å². The van der Waals surface area contributed by atoms with Gasteiger partial charge in [0.05, 0.1) is 18.6 Å². The largest absolute Gasteiger partial charge is 0.346 e. The molecular formula is C20H22N4O3S. The molecule has 0 bridgehead atoms. The Bertz CT molecular complexity index is 1050. The van der Waals surface area contributed by atoms with E-state index in [0.29, 0.717) is 17.8 Å². The summed E-state index contributed by atoms with van der Waals surface area (Å²) >= 11 is 0. The Hall–Kier alpha value is -3.13. The zero-order valence-corrected chi connectivity index (χ0v) is 16.5. The molecule has 0 radical (unpaired) electrons. The van der Waals surface area contributed by atoms with Crippen LogP contribution in [0.2, 0.25) is 0 Å². The number of hydrogen-bond acceptors (Lipinski definition) is 4. The number of nitrogens with zero attached hydrogens (tertiary/aromatic N) is 2. The molecule has 0 spiro atoms. The van der Waals surface area contributed by atoms with E-state index < -0.39 is 10.0 Å². The molecule has 7 nitrogen and oxygen atoms in total. The molecule has 1 amide bonds. The summed E-state index contributed by atoms with van der Waals surface area (Å²) in [7, 11) is -3.35. The van der Waals surface area contributed by atoms with Crippen molar-refractivity contribution in [2.75, 3.05) is 11.0 Å². The molecule has 3 aromatic rings. The van der Waals surface area contributed by atoms with E-state index in [0.717, 1.165) is 17.4 Å². The third kappa shape index (κ3) is 5.43. The van der Waals surface area contributed by atoms with Gasteiger partial charge in [-0.25, -0.2) is 13.4 Å². The number of imidazole rings is 1. The fourth-order valence-corrected chi connectivity index (χ4v) is 3.36. The monoisotopic (exact) mass is 398 g/mol. The van der Waals surface area contributed by atoms with Gasteiger partial charge in [0.1, 0.15) is 0 Å². The minimum Gasteiger partial charge on any atom is -0.346 e. The summed E-state index contributed by atoms with van der Waals surface area (Å²) in [6.45, 7) is 2.54. The van der Waals surface area contributed by atoms with Crippen LogP contribution in [0.5, 0.6) is 0 Å². The highest BCUT2D eigenvalue weighted by molar-refractivity contribution is 7.92. The molecule has 0 saturated carbocycles. The summed E-state index contributed by atoms with van der Waals surface area (Å²) in [5, 5.41) is 2.94. The highest BCUT2D eigenvalue weighted by Gasteiger charge is 2.13. The molecule has 0 aliphatic rings. The maximum absolute atomic E-state index is 12.5. The number of aromatic nitrogens is 2. The van der Waals surface area contributed by atoms with E-state index >= 15 is 0 Å². The molecule has 0 fully saturated rings. The van der Waals surface area contributed by atoms with E-state index in [1.54, 1.807) is 42.9 Å². The number of sulfonamides is 1. The van der Waals surface area contributed by atoms with Crippen LogP contribution < -0.4 is 10.0 Å². The normalized spacial score (nSPS) is 12.4. The van der Waals surface area contributed by atoms with Gasteiger partial charge in [-0.15, -0.1) is 0 Å². The van der Waals surface area contributed by atoms with Crippen LogP contribution in [0.1, 0.15) is 34.5 Å². The van der Waals surface area contributed by atoms with Gasteiger partial charge < -0.3 is 9.88 Å². The van der Waals surface area contributed by atoms with Crippen LogP contribution in [0.25, 0.3) is 0 Å². The maximum Gasteiger partial charge on any atom is 0.251 e. The van der Waals surface area contributed by atoms with Crippen LogP contribution in [0.15, 0.2) is 67.3 Å². The predicted octanol–water partition coefficient (Wildman–Crippen LogP) is 2.79. The minimum atomic E-state index is -3.35. The number of carbonyl (C=O) groups is 1. The predicted molar refractivity (Wildman–Crippen MR) is 109 cm³/mol. The number of anilines is 1. The lowest BCUT2D eigenvalue weighted by molar-refractivity contribution is 0.0940. The summed E-state index contributed by atoms with van der Waals surface area (Å²) in [6.07, 6.45) is 6.45. The molecule has 2 N–H and O–H groups in total. The smallest absolute Gasteiger partial charge is 0.251 e. The molecule has 146 valence electrons. The standard InChI is InChI=1S/C20H22N4O3S/c1-15(18-4-3-5-19(12-18)23-28(2,26)27)22-20(25)17-8-6-16(7-9-17)13-24-11-10-21-14-24/h3-12,14-15,23H,13H2,1-2H3,(H,22,25). The molecule has 8 heteroatoms. The van der Waals surface area contributed by atoms with E-state index in [1.165, 1.54) is 0 Å². The van der Waals surface area contributed by atoms with Crippen molar-refractivity contribution < 1.29 is 13.2 Å². The van der Waals surface area contributed by atoms with Gasteiger partial charge in [0, 0.05) is 30.2 Å². The lowest BCUT2D eigenvalue weighted by atomic mass is 10.1. The average Bonchev–Trinajstić information content (AvgIpc) is 3.14. The lowest BCUT2D eigenvalue weighted by Gasteiger charge is -2.16. The van der Waals surface area contributed by atoms with Crippen molar-refractivity contribution in [2.24, 2.45) is 0 Å². The molecule has 1 unspecified atom stereocenters. The van der Waals surface area contributed by atoms with Gasteiger partial charge >= 0.3 is 0 Å². The molecule has 2 aromatic carbocycles. The van der Waals surface area contributed by atoms with Gasteiger partial charge in [0.25, 0.3) is 5.91 Å². The van der Waals surface area contributed by atoms with E-state index in [2.05, 4.69) is 15.0 Å². The van der Waals surface area contributed by atoms with Crippen molar-refractivity contribution in [3.63, 3.8) is 0 Å². The average molecular weight is 398 g/mol. The number of carbonyl (C=O) groups excluding carboxylic acids is 1. The molecule has 0 aliphatic carbocycles. The van der Waals surface area contributed by atoms with Crippen LogP contribution in [-0.4, -0.2) is 30.1 Å². The first-order chi connectivity index (χ1) is 13.3. The minimum absolute atomic E-state index is 0.192. The van der Waals surface area contributed by atoms with E-state index in [1.807, 2.05) is 35.9 Å². The van der Waals surface area contributed by atoms with E-state index in [-0.39, 0.29) is 11.9 Å². The number of amides is 1. The van der Waals surface area contributed by atoms with Crippen LogP contribution in [0, 0.1) is 0 Å². The molecule has 1 heterocycles. The fourth-order valence-electron chi connectivity index (χ4n) is 2.80. The molecule has 0 aliphatic heterocycles. The zero-order chi connectivity index (χ0) is 20.1. The molecule has 1 aromatic heterocycles. The summed E-state index contributed by atoms with van der Waals surface area (Å²) in [5.41, 5.74) is 2.90. The Kier molecular flexibility index (Phi) is 5.79. The van der Waals surface area contributed by atoms with Crippen LogP contribution >= 0.6 is 0 Å².